The van der Waals surface area contributed by atoms with Crippen LogP contribution in [0.25, 0.3) is 10.2 Å². The van der Waals surface area contributed by atoms with Gasteiger partial charge in [-0.05, 0) is 66.0 Å². The van der Waals surface area contributed by atoms with E-state index in [0.717, 1.165) is 37.2 Å². The standard InChI is InChI=1S/C17H16BrN3OS/c1-8-4-5-12(11(18)6-8)21-16(22)15-14(19)13-9(2)7-10(3)20-17(13)23-15/h4-7H,19H2,1-3H3,(H,21,22). The molecule has 0 fully saturated rings. The molecular weight excluding hydrogens is 374 g/mol. The maximum Gasteiger partial charge on any atom is 0.267 e. The second-order valence-corrected chi connectivity index (χ2v) is 7.40. The predicted octanol–water partition coefficient (Wildman–Crippen LogP) is 4.82. The van der Waals surface area contributed by atoms with Crippen molar-refractivity contribution in [2.24, 2.45) is 0 Å². The lowest BCUT2D eigenvalue weighted by atomic mass is 10.1. The van der Waals surface area contributed by atoms with Gasteiger partial charge in [-0.15, -0.1) is 11.3 Å². The number of nitrogens with zero attached hydrogens (tertiary/aromatic N) is 1. The van der Waals surface area contributed by atoms with Gasteiger partial charge >= 0.3 is 0 Å². The first-order chi connectivity index (χ1) is 10.9. The number of nitrogens with two attached hydrogens (primary N) is 1. The van der Waals surface area contributed by atoms with Crippen LogP contribution in [0.5, 0.6) is 0 Å². The topological polar surface area (TPSA) is 68.0 Å². The Labute approximate surface area is 146 Å². The highest BCUT2D eigenvalue weighted by atomic mass is 79.9. The van der Waals surface area contributed by atoms with E-state index in [9.17, 15) is 4.79 Å². The zero-order valence-corrected chi connectivity index (χ0v) is 15.4. The number of carbonyl (C=O) groups excluding carboxylic acids is 1. The Balaban J connectivity index is 2.01. The van der Waals surface area contributed by atoms with Crippen LogP contribution >= 0.6 is 27.3 Å². The number of amides is 1. The van der Waals surface area contributed by atoms with E-state index in [4.69, 9.17) is 5.73 Å². The molecule has 4 nitrogen and oxygen atoms in total. The lowest BCUT2D eigenvalue weighted by Crippen LogP contribution is -2.12. The van der Waals surface area contributed by atoms with Crippen molar-refractivity contribution >= 4 is 54.8 Å². The number of aromatic nitrogens is 1. The summed E-state index contributed by atoms with van der Waals surface area (Å²) >= 11 is 4.79. The molecule has 23 heavy (non-hydrogen) atoms. The zero-order chi connectivity index (χ0) is 16.7. The van der Waals surface area contributed by atoms with Crippen LogP contribution in [-0.4, -0.2) is 10.9 Å². The molecule has 0 unspecified atom stereocenters. The number of halogens is 1. The number of rotatable bonds is 2. The molecule has 2 heterocycles. The molecule has 6 heteroatoms. The van der Waals surface area contributed by atoms with Gasteiger partial charge in [0.25, 0.3) is 5.91 Å². The zero-order valence-electron chi connectivity index (χ0n) is 13.0. The summed E-state index contributed by atoms with van der Waals surface area (Å²) < 4.78 is 0.843. The second kappa shape index (κ2) is 5.94. The third-order valence-corrected chi connectivity index (χ3v) is 5.36. The summed E-state index contributed by atoms with van der Waals surface area (Å²) in [6.07, 6.45) is 0. The van der Waals surface area contributed by atoms with E-state index in [0.29, 0.717) is 10.6 Å². The van der Waals surface area contributed by atoms with Gasteiger partial charge in [-0.2, -0.15) is 0 Å². The van der Waals surface area contributed by atoms with E-state index >= 15 is 0 Å². The van der Waals surface area contributed by atoms with Crippen LogP contribution in [0.3, 0.4) is 0 Å². The average Bonchev–Trinajstić information content (AvgIpc) is 2.79. The Morgan fingerprint density at radius 2 is 2.00 bits per heavy atom. The summed E-state index contributed by atoms with van der Waals surface area (Å²) in [5.41, 5.74) is 10.5. The highest BCUT2D eigenvalue weighted by Crippen LogP contribution is 2.35. The molecule has 0 saturated carbocycles. The molecule has 3 aromatic rings. The minimum Gasteiger partial charge on any atom is -0.397 e. The fourth-order valence-electron chi connectivity index (χ4n) is 2.54. The Morgan fingerprint density at radius 3 is 2.70 bits per heavy atom. The summed E-state index contributed by atoms with van der Waals surface area (Å²) in [5, 5.41) is 3.78. The molecule has 118 valence electrons. The first-order valence-electron chi connectivity index (χ1n) is 7.10. The maximum atomic E-state index is 12.6. The number of fused-ring (bicyclic) bond motifs is 1. The van der Waals surface area contributed by atoms with Crippen LogP contribution in [-0.2, 0) is 0 Å². The minimum absolute atomic E-state index is 0.216. The molecule has 0 atom stereocenters. The van der Waals surface area contributed by atoms with E-state index < -0.39 is 0 Å². The van der Waals surface area contributed by atoms with Crippen LogP contribution in [0.2, 0.25) is 0 Å². The van der Waals surface area contributed by atoms with Gasteiger partial charge in [0.2, 0.25) is 0 Å². The summed E-state index contributed by atoms with van der Waals surface area (Å²) in [6, 6.07) is 7.75. The minimum atomic E-state index is -0.216. The number of nitrogen functional groups attached to an aromatic ring is 1. The van der Waals surface area contributed by atoms with Crippen molar-refractivity contribution < 1.29 is 4.79 Å². The van der Waals surface area contributed by atoms with E-state index in [2.05, 4.69) is 26.2 Å². The SMILES string of the molecule is Cc1ccc(NC(=O)c2sc3nc(C)cc(C)c3c2N)c(Br)c1. The van der Waals surface area contributed by atoms with Gasteiger partial charge in [-0.3, -0.25) is 4.79 Å². The molecule has 0 spiro atoms. The molecular formula is C17H16BrN3OS. The first kappa shape index (κ1) is 16.0. The number of nitrogens with one attached hydrogen (secondary N) is 1. The Kier molecular flexibility index (Phi) is 4.12. The van der Waals surface area contributed by atoms with Crippen molar-refractivity contribution in [2.75, 3.05) is 11.1 Å². The second-order valence-electron chi connectivity index (χ2n) is 5.54. The number of hydrogen-bond acceptors (Lipinski definition) is 4. The summed E-state index contributed by atoms with van der Waals surface area (Å²) in [7, 11) is 0. The molecule has 3 N–H and O–H groups in total. The maximum absolute atomic E-state index is 12.6. The van der Waals surface area contributed by atoms with Crippen molar-refractivity contribution in [3.63, 3.8) is 0 Å². The van der Waals surface area contributed by atoms with Gasteiger partial charge in [0.15, 0.2) is 0 Å². The number of carbonyl (C=O) groups is 1. The van der Waals surface area contributed by atoms with Crippen molar-refractivity contribution in [2.45, 2.75) is 20.8 Å². The number of thiophene rings is 1. The number of aryl methyl sites for hydroxylation is 3. The van der Waals surface area contributed by atoms with Gasteiger partial charge in [0.1, 0.15) is 9.71 Å². The highest BCUT2D eigenvalue weighted by Gasteiger charge is 2.19. The highest BCUT2D eigenvalue weighted by molar-refractivity contribution is 9.10. The molecule has 3 rings (SSSR count). The number of hydrogen-bond donors (Lipinski definition) is 2. The van der Waals surface area contributed by atoms with Crippen LogP contribution in [0.15, 0.2) is 28.7 Å². The van der Waals surface area contributed by atoms with Gasteiger partial charge in [-0.25, -0.2) is 4.98 Å². The van der Waals surface area contributed by atoms with Crippen LogP contribution in [0.1, 0.15) is 26.5 Å². The van der Waals surface area contributed by atoms with E-state index in [1.165, 1.54) is 11.3 Å². The molecule has 0 aliphatic carbocycles. The van der Waals surface area contributed by atoms with Crippen LogP contribution in [0, 0.1) is 20.8 Å². The molecule has 0 radical (unpaired) electrons. The van der Waals surface area contributed by atoms with Crippen molar-refractivity contribution in [3.8, 4) is 0 Å². The number of anilines is 2. The largest absolute Gasteiger partial charge is 0.397 e. The molecule has 1 aromatic carbocycles. The molecule has 0 saturated heterocycles. The fourth-order valence-corrected chi connectivity index (χ4v) is 4.24. The molecule has 1 amide bonds. The normalized spacial score (nSPS) is 11.0. The van der Waals surface area contributed by atoms with E-state index in [-0.39, 0.29) is 5.91 Å². The van der Waals surface area contributed by atoms with Crippen molar-refractivity contribution in [3.05, 3.63) is 50.4 Å². The molecule has 0 aliphatic heterocycles. The number of pyridine rings is 1. The van der Waals surface area contributed by atoms with Crippen LogP contribution < -0.4 is 11.1 Å². The third kappa shape index (κ3) is 2.96. The first-order valence-corrected chi connectivity index (χ1v) is 8.71. The summed E-state index contributed by atoms with van der Waals surface area (Å²) in [4.78, 5) is 18.4. The number of benzene rings is 1. The van der Waals surface area contributed by atoms with Gasteiger partial charge in [0.05, 0.1) is 11.4 Å². The molecule has 2 aromatic heterocycles. The third-order valence-electron chi connectivity index (χ3n) is 3.60. The quantitative estimate of drug-likeness (QED) is 0.659. The molecule has 0 aliphatic rings. The fraction of sp³-hybridized carbons (Fsp3) is 0.176. The van der Waals surface area contributed by atoms with E-state index in [1.54, 1.807) is 0 Å². The predicted molar refractivity (Wildman–Crippen MR) is 100 cm³/mol. The van der Waals surface area contributed by atoms with Crippen molar-refractivity contribution in [1.29, 1.82) is 0 Å². The van der Waals surface area contributed by atoms with Gasteiger partial charge < -0.3 is 11.1 Å². The Morgan fingerprint density at radius 1 is 1.26 bits per heavy atom. The van der Waals surface area contributed by atoms with Crippen LogP contribution in [0.4, 0.5) is 11.4 Å². The molecule has 0 bridgehead atoms. The van der Waals surface area contributed by atoms with Gasteiger partial charge in [-0.1, -0.05) is 6.07 Å². The van der Waals surface area contributed by atoms with Crippen molar-refractivity contribution in [1.82, 2.24) is 4.98 Å². The average molecular weight is 390 g/mol. The smallest absolute Gasteiger partial charge is 0.267 e. The Bertz CT molecular complexity index is 933. The summed E-state index contributed by atoms with van der Waals surface area (Å²) in [6.45, 7) is 5.92. The van der Waals surface area contributed by atoms with Gasteiger partial charge in [0, 0.05) is 15.6 Å². The Hall–Kier alpha value is -1.92. The lowest BCUT2D eigenvalue weighted by Gasteiger charge is -2.07. The van der Waals surface area contributed by atoms with E-state index in [1.807, 2.05) is 45.0 Å². The monoisotopic (exact) mass is 389 g/mol. The summed E-state index contributed by atoms with van der Waals surface area (Å²) in [5.74, 6) is -0.216. The lowest BCUT2D eigenvalue weighted by molar-refractivity contribution is 0.103.